The molecule has 0 aliphatic heterocycles. The molecule has 0 bridgehead atoms. The molecule has 0 saturated carbocycles. The topological polar surface area (TPSA) is 90.9 Å². The number of aryl methyl sites for hydroxylation is 1. The Bertz CT molecular complexity index is 591. The molecule has 0 aromatic carbocycles. The number of rotatable bonds is 5. The van der Waals surface area contributed by atoms with Crippen LogP contribution in [-0.4, -0.2) is 32.1 Å². The van der Waals surface area contributed by atoms with Gasteiger partial charge in [0.15, 0.2) is 0 Å². The Morgan fingerprint density at radius 2 is 2.21 bits per heavy atom. The van der Waals surface area contributed by atoms with Gasteiger partial charge in [-0.15, -0.1) is 0 Å². The number of nitrogens with one attached hydrogen (secondary N) is 2. The van der Waals surface area contributed by atoms with Gasteiger partial charge in [0.2, 0.25) is 0 Å². The van der Waals surface area contributed by atoms with E-state index in [1.54, 1.807) is 0 Å². The second-order valence-corrected chi connectivity index (χ2v) is 5.10. The lowest BCUT2D eigenvalue weighted by Crippen LogP contribution is -2.31. The van der Waals surface area contributed by atoms with Gasteiger partial charge in [-0.25, -0.2) is 14.8 Å². The molecular formula is C13H18N4O2. The quantitative estimate of drug-likeness (QED) is 0.768. The van der Waals surface area contributed by atoms with Crippen molar-refractivity contribution >= 4 is 22.8 Å². The van der Waals surface area contributed by atoms with Crippen LogP contribution in [0.5, 0.6) is 0 Å². The second kappa shape index (κ2) is 5.26. The van der Waals surface area contributed by atoms with Crippen molar-refractivity contribution in [3.8, 4) is 0 Å². The molecule has 1 unspecified atom stereocenters. The first-order valence-electron chi connectivity index (χ1n) is 6.27. The van der Waals surface area contributed by atoms with Gasteiger partial charge in [0, 0.05) is 5.69 Å². The standard InChI is InChI=1S/C13H18N4O2/c1-7(2)4-10(13(18)19)17-12-9-5-8(3)16-11(9)14-6-15-12/h5-7,10H,4H2,1-3H3,(H,18,19)(H2,14,15,16,17). The summed E-state index contributed by atoms with van der Waals surface area (Å²) in [4.78, 5) is 22.6. The van der Waals surface area contributed by atoms with E-state index in [9.17, 15) is 9.90 Å². The summed E-state index contributed by atoms with van der Waals surface area (Å²) >= 11 is 0. The van der Waals surface area contributed by atoms with Crippen LogP contribution in [0.15, 0.2) is 12.4 Å². The van der Waals surface area contributed by atoms with Crippen LogP contribution in [0, 0.1) is 12.8 Å². The molecule has 2 rings (SSSR count). The van der Waals surface area contributed by atoms with Gasteiger partial charge in [-0.3, -0.25) is 0 Å². The molecule has 0 amide bonds. The van der Waals surface area contributed by atoms with Crippen LogP contribution in [0.1, 0.15) is 26.0 Å². The van der Waals surface area contributed by atoms with Crippen LogP contribution in [0.25, 0.3) is 11.0 Å². The third-order valence-corrected chi connectivity index (χ3v) is 2.88. The average molecular weight is 262 g/mol. The van der Waals surface area contributed by atoms with Crippen molar-refractivity contribution in [2.45, 2.75) is 33.2 Å². The van der Waals surface area contributed by atoms with E-state index in [0.29, 0.717) is 23.8 Å². The van der Waals surface area contributed by atoms with E-state index >= 15 is 0 Å². The number of carbonyl (C=O) groups is 1. The lowest BCUT2D eigenvalue weighted by atomic mass is 10.0. The molecule has 102 valence electrons. The number of anilines is 1. The van der Waals surface area contributed by atoms with E-state index < -0.39 is 12.0 Å². The van der Waals surface area contributed by atoms with Crippen molar-refractivity contribution in [1.82, 2.24) is 15.0 Å². The Hall–Kier alpha value is -2.11. The van der Waals surface area contributed by atoms with E-state index in [-0.39, 0.29) is 0 Å². The highest BCUT2D eigenvalue weighted by Crippen LogP contribution is 2.21. The Labute approximate surface area is 111 Å². The smallest absolute Gasteiger partial charge is 0.326 e. The van der Waals surface area contributed by atoms with Crippen LogP contribution < -0.4 is 5.32 Å². The zero-order valence-corrected chi connectivity index (χ0v) is 11.3. The molecule has 3 N–H and O–H groups in total. The van der Waals surface area contributed by atoms with Gasteiger partial charge in [-0.1, -0.05) is 13.8 Å². The Kier molecular flexibility index (Phi) is 3.69. The fraction of sp³-hybridized carbons (Fsp3) is 0.462. The molecule has 6 nitrogen and oxygen atoms in total. The maximum Gasteiger partial charge on any atom is 0.326 e. The monoisotopic (exact) mass is 262 g/mol. The zero-order valence-electron chi connectivity index (χ0n) is 11.3. The van der Waals surface area contributed by atoms with E-state index in [1.807, 2.05) is 26.8 Å². The molecule has 6 heteroatoms. The summed E-state index contributed by atoms with van der Waals surface area (Å²) in [6.07, 6.45) is 1.97. The van der Waals surface area contributed by atoms with Crippen molar-refractivity contribution in [2.24, 2.45) is 5.92 Å². The molecule has 0 radical (unpaired) electrons. The summed E-state index contributed by atoms with van der Waals surface area (Å²) in [6, 6.07) is 1.26. The van der Waals surface area contributed by atoms with Gasteiger partial charge in [0.25, 0.3) is 0 Å². The summed E-state index contributed by atoms with van der Waals surface area (Å²) in [5, 5.41) is 13.1. The van der Waals surface area contributed by atoms with Crippen LogP contribution in [0.4, 0.5) is 5.82 Å². The number of fused-ring (bicyclic) bond motifs is 1. The maximum absolute atomic E-state index is 11.3. The van der Waals surface area contributed by atoms with Crippen molar-refractivity contribution in [3.63, 3.8) is 0 Å². The van der Waals surface area contributed by atoms with Gasteiger partial charge < -0.3 is 15.4 Å². The lowest BCUT2D eigenvalue weighted by molar-refractivity contribution is -0.138. The van der Waals surface area contributed by atoms with E-state index in [0.717, 1.165) is 11.1 Å². The SMILES string of the molecule is Cc1cc2c(NC(CC(C)C)C(=O)O)ncnc2[nH]1. The molecule has 2 aromatic rings. The third kappa shape index (κ3) is 3.01. The molecule has 0 spiro atoms. The number of aromatic amines is 1. The van der Waals surface area contributed by atoms with Gasteiger partial charge in [0.05, 0.1) is 5.39 Å². The van der Waals surface area contributed by atoms with Gasteiger partial charge in [-0.2, -0.15) is 0 Å². The minimum atomic E-state index is -0.868. The first kappa shape index (κ1) is 13.3. The molecule has 19 heavy (non-hydrogen) atoms. The Balaban J connectivity index is 2.30. The molecular weight excluding hydrogens is 244 g/mol. The molecule has 2 aromatic heterocycles. The van der Waals surface area contributed by atoms with Gasteiger partial charge >= 0.3 is 5.97 Å². The fourth-order valence-electron chi connectivity index (χ4n) is 2.04. The largest absolute Gasteiger partial charge is 0.480 e. The summed E-state index contributed by atoms with van der Waals surface area (Å²) in [5.41, 5.74) is 1.68. The molecule has 0 aliphatic rings. The first-order chi connectivity index (χ1) is 8.97. The minimum Gasteiger partial charge on any atom is -0.480 e. The highest BCUT2D eigenvalue weighted by atomic mass is 16.4. The predicted molar refractivity (Wildman–Crippen MR) is 73.1 cm³/mol. The van der Waals surface area contributed by atoms with Crippen LogP contribution in [-0.2, 0) is 4.79 Å². The number of hydrogen-bond acceptors (Lipinski definition) is 4. The summed E-state index contributed by atoms with van der Waals surface area (Å²) < 4.78 is 0. The van der Waals surface area contributed by atoms with Gasteiger partial charge in [0.1, 0.15) is 23.8 Å². The number of hydrogen-bond donors (Lipinski definition) is 3. The molecule has 0 saturated heterocycles. The number of carboxylic acids is 1. The van der Waals surface area contributed by atoms with Crippen LogP contribution >= 0.6 is 0 Å². The molecule has 1 atom stereocenters. The van der Waals surface area contributed by atoms with Gasteiger partial charge in [-0.05, 0) is 25.3 Å². The summed E-state index contributed by atoms with van der Waals surface area (Å²) in [6.45, 7) is 5.91. The van der Waals surface area contributed by atoms with Crippen molar-refractivity contribution in [2.75, 3.05) is 5.32 Å². The van der Waals surface area contributed by atoms with Crippen molar-refractivity contribution < 1.29 is 9.90 Å². The van der Waals surface area contributed by atoms with E-state index in [1.165, 1.54) is 6.33 Å². The normalized spacial score (nSPS) is 12.8. The molecule has 2 heterocycles. The van der Waals surface area contributed by atoms with Crippen molar-refractivity contribution in [1.29, 1.82) is 0 Å². The summed E-state index contributed by atoms with van der Waals surface area (Å²) in [7, 11) is 0. The molecule has 0 aliphatic carbocycles. The van der Waals surface area contributed by atoms with Crippen LogP contribution in [0.2, 0.25) is 0 Å². The maximum atomic E-state index is 11.3. The predicted octanol–water partition coefficient (Wildman–Crippen LogP) is 2.18. The minimum absolute atomic E-state index is 0.291. The van der Waals surface area contributed by atoms with E-state index in [4.69, 9.17) is 0 Å². The van der Waals surface area contributed by atoms with Crippen molar-refractivity contribution in [3.05, 3.63) is 18.1 Å². The molecule has 0 fully saturated rings. The highest BCUT2D eigenvalue weighted by Gasteiger charge is 2.20. The fourth-order valence-corrected chi connectivity index (χ4v) is 2.04. The summed E-state index contributed by atoms with van der Waals surface area (Å²) in [5.74, 6) is -0.0194. The number of H-pyrrole nitrogens is 1. The Morgan fingerprint density at radius 1 is 1.47 bits per heavy atom. The van der Waals surface area contributed by atoms with E-state index in [2.05, 4.69) is 20.3 Å². The number of aromatic nitrogens is 3. The number of aliphatic carboxylic acids is 1. The number of nitrogens with zero attached hydrogens (tertiary/aromatic N) is 2. The average Bonchev–Trinajstić information content (AvgIpc) is 2.68. The number of carboxylic acid groups (broad SMARTS) is 1. The zero-order chi connectivity index (χ0) is 14.0. The second-order valence-electron chi connectivity index (χ2n) is 5.10. The van der Waals surface area contributed by atoms with Crippen LogP contribution in [0.3, 0.4) is 0 Å². The third-order valence-electron chi connectivity index (χ3n) is 2.88. The Morgan fingerprint density at radius 3 is 2.84 bits per heavy atom. The first-order valence-corrected chi connectivity index (χ1v) is 6.27. The lowest BCUT2D eigenvalue weighted by Gasteiger charge is -2.17. The highest BCUT2D eigenvalue weighted by molar-refractivity contribution is 5.89.